The number of hydrogen-bond acceptors (Lipinski definition) is 1. The van der Waals surface area contributed by atoms with Crippen molar-refractivity contribution in [3.63, 3.8) is 0 Å². The van der Waals surface area contributed by atoms with Gasteiger partial charge in [-0.1, -0.05) is 23.3 Å². The van der Waals surface area contributed by atoms with Gasteiger partial charge in [-0.25, -0.2) is 0 Å². The third-order valence-electron chi connectivity index (χ3n) is 1.85. The van der Waals surface area contributed by atoms with E-state index in [1.54, 1.807) is 6.26 Å². The van der Waals surface area contributed by atoms with E-state index in [1.165, 1.54) is 11.1 Å². The molecule has 0 unspecified atom stereocenters. The van der Waals surface area contributed by atoms with Gasteiger partial charge in [0.2, 0.25) is 0 Å². The van der Waals surface area contributed by atoms with Crippen molar-refractivity contribution in [2.75, 3.05) is 6.61 Å². The van der Waals surface area contributed by atoms with Gasteiger partial charge in [-0.05, 0) is 46.6 Å². The molecule has 0 heterocycles. The van der Waals surface area contributed by atoms with Crippen LogP contribution < -0.4 is 0 Å². The molecule has 0 atom stereocenters. The van der Waals surface area contributed by atoms with E-state index in [0.29, 0.717) is 6.61 Å². The minimum absolute atomic E-state index is 0.686. The van der Waals surface area contributed by atoms with Crippen LogP contribution in [0.15, 0.2) is 35.6 Å². The Morgan fingerprint density at radius 1 is 1.14 bits per heavy atom. The summed E-state index contributed by atoms with van der Waals surface area (Å²) in [6, 6.07) is 0. The topological polar surface area (TPSA) is 9.23 Å². The molecule has 0 bridgehead atoms. The number of ether oxygens (including phenoxy) is 1. The number of allylic oxidation sites excluding steroid dienone is 4. The van der Waals surface area contributed by atoms with Crippen LogP contribution in [0.2, 0.25) is 0 Å². The fourth-order valence-corrected chi connectivity index (χ4v) is 1.03. The van der Waals surface area contributed by atoms with Gasteiger partial charge in [0.1, 0.15) is 6.61 Å². The van der Waals surface area contributed by atoms with Crippen LogP contribution in [0, 0.1) is 0 Å². The Labute approximate surface area is 88.2 Å². The molecule has 0 aliphatic carbocycles. The van der Waals surface area contributed by atoms with Crippen LogP contribution in [0.1, 0.15) is 40.5 Å². The molecule has 14 heavy (non-hydrogen) atoms. The maximum atomic E-state index is 5.21. The first-order valence-corrected chi connectivity index (χ1v) is 5.18. The highest BCUT2D eigenvalue weighted by Crippen LogP contribution is 2.06. The minimum atomic E-state index is 0.686. The molecule has 0 radical (unpaired) electrons. The van der Waals surface area contributed by atoms with Gasteiger partial charge >= 0.3 is 0 Å². The Kier molecular flexibility index (Phi) is 8.01. The van der Waals surface area contributed by atoms with E-state index in [0.717, 1.165) is 12.8 Å². The molecule has 0 spiro atoms. The van der Waals surface area contributed by atoms with Gasteiger partial charge in [0.05, 0.1) is 6.26 Å². The zero-order valence-corrected chi connectivity index (χ0v) is 9.84. The lowest BCUT2D eigenvalue weighted by atomic mass is 10.1. The summed E-state index contributed by atoms with van der Waals surface area (Å²) in [5.41, 5.74) is 2.79. The SMILES string of the molecule is C/C=C\OC/C=C(\C)CCC=C(C)C. The third-order valence-corrected chi connectivity index (χ3v) is 1.85. The molecule has 80 valence electrons. The van der Waals surface area contributed by atoms with Gasteiger partial charge in [-0.2, -0.15) is 0 Å². The molecule has 0 rings (SSSR count). The van der Waals surface area contributed by atoms with Crippen molar-refractivity contribution < 1.29 is 4.74 Å². The summed E-state index contributed by atoms with van der Waals surface area (Å²) in [5, 5.41) is 0. The Hall–Kier alpha value is -0.980. The van der Waals surface area contributed by atoms with Crippen molar-refractivity contribution in [2.45, 2.75) is 40.5 Å². The molecular formula is C13H22O. The van der Waals surface area contributed by atoms with Crippen LogP contribution in [-0.2, 0) is 4.74 Å². The van der Waals surface area contributed by atoms with Gasteiger partial charge < -0.3 is 4.74 Å². The highest BCUT2D eigenvalue weighted by Gasteiger charge is 1.88. The molecular weight excluding hydrogens is 172 g/mol. The quantitative estimate of drug-likeness (QED) is 0.349. The minimum Gasteiger partial charge on any atom is -0.497 e. The highest BCUT2D eigenvalue weighted by molar-refractivity contribution is 5.02. The van der Waals surface area contributed by atoms with Crippen LogP contribution in [0.4, 0.5) is 0 Å². The molecule has 0 N–H and O–H groups in total. The smallest absolute Gasteiger partial charge is 0.106 e. The number of hydrogen-bond donors (Lipinski definition) is 0. The van der Waals surface area contributed by atoms with Crippen LogP contribution in [0.5, 0.6) is 0 Å². The Morgan fingerprint density at radius 3 is 2.43 bits per heavy atom. The molecule has 0 aromatic carbocycles. The van der Waals surface area contributed by atoms with Crippen molar-refractivity contribution in [3.05, 3.63) is 35.6 Å². The zero-order chi connectivity index (χ0) is 10.8. The lowest BCUT2D eigenvalue weighted by Crippen LogP contribution is -1.84. The molecule has 0 amide bonds. The summed E-state index contributed by atoms with van der Waals surface area (Å²) < 4.78 is 5.21. The van der Waals surface area contributed by atoms with Crippen molar-refractivity contribution in [2.24, 2.45) is 0 Å². The molecule has 0 saturated carbocycles. The molecule has 0 aromatic rings. The second-order valence-electron chi connectivity index (χ2n) is 3.67. The van der Waals surface area contributed by atoms with Gasteiger partial charge in [0, 0.05) is 0 Å². The monoisotopic (exact) mass is 194 g/mol. The van der Waals surface area contributed by atoms with Crippen LogP contribution in [0.3, 0.4) is 0 Å². The van der Waals surface area contributed by atoms with Gasteiger partial charge in [0.25, 0.3) is 0 Å². The molecule has 1 heteroatoms. The first-order valence-electron chi connectivity index (χ1n) is 5.18. The predicted octanol–water partition coefficient (Wildman–Crippen LogP) is 4.23. The Morgan fingerprint density at radius 2 is 1.86 bits per heavy atom. The third kappa shape index (κ3) is 9.11. The van der Waals surface area contributed by atoms with E-state index in [1.807, 2.05) is 13.0 Å². The average molecular weight is 194 g/mol. The van der Waals surface area contributed by atoms with Crippen LogP contribution in [-0.4, -0.2) is 6.61 Å². The predicted molar refractivity (Wildman–Crippen MR) is 63.2 cm³/mol. The Bertz CT molecular complexity index is 217. The van der Waals surface area contributed by atoms with Crippen LogP contribution in [0.25, 0.3) is 0 Å². The summed E-state index contributed by atoms with van der Waals surface area (Å²) in [6.07, 6.45) is 10.3. The standard InChI is InChI=1S/C13H22O/c1-5-10-14-11-9-13(4)8-6-7-12(2)3/h5,7,9-10H,6,8,11H2,1-4H3/b10-5-,13-9+. The van der Waals surface area contributed by atoms with Crippen LogP contribution >= 0.6 is 0 Å². The van der Waals surface area contributed by atoms with E-state index in [9.17, 15) is 0 Å². The second-order valence-corrected chi connectivity index (χ2v) is 3.67. The summed E-state index contributed by atoms with van der Waals surface area (Å²) in [4.78, 5) is 0. The van der Waals surface area contributed by atoms with Crippen molar-refractivity contribution in [1.29, 1.82) is 0 Å². The number of rotatable bonds is 6. The second kappa shape index (κ2) is 8.61. The molecule has 0 fully saturated rings. The highest BCUT2D eigenvalue weighted by atomic mass is 16.5. The van der Waals surface area contributed by atoms with E-state index in [4.69, 9.17) is 4.74 Å². The molecule has 0 saturated heterocycles. The van der Waals surface area contributed by atoms with Crippen molar-refractivity contribution >= 4 is 0 Å². The largest absolute Gasteiger partial charge is 0.497 e. The fraction of sp³-hybridized carbons (Fsp3) is 0.538. The first kappa shape index (κ1) is 13.0. The van der Waals surface area contributed by atoms with E-state index in [2.05, 4.69) is 32.9 Å². The summed E-state index contributed by atoms with van der Waals surface area (Å²) in [7, 11) is 0. The van der Waals surface area contributed by atoms with Crippen molar-refractivity contribution in [3.8, 4) is 0 Å². The van der Waals surface area contributed by atoms with E-state index < -0.39 is 0 Å². The lowest BCUT2D eigenvalue weighted by Gasteiger charge is -1.99. The van der Waals surface area contributed by atoms with Crippen molar-refractivity contribution in [1.82, 2.24) is 0 Å². The normalized spacial score (nSPS) is 11.9. The lowest BCUT2D eigenvalue weighted by molar-refractivity contribution is 0.288. The van der Waals surface area contributed by atoms with E-state index >= 15 is 0 Å². The van der Waals surface area contributed by atoms with Gasteiger partial charge in [-0.15, -0.1) is 0 Å². The maximum Gasteiger partial charge on any atom is 0.106 e. The first-order chi connectivity index (χ1) is 6.66. The molecule has 1 nitrogen and oxygen atoms in total. The molecule has 0 aliphatic heterocycles. The summed E-state index contributed by atoms with van der Waals surface area (Å²) in [6.45, 7) is 9.05. The Balaban J connectivity index is 3.62. The zero-order valence-electron chi connectivity index (χ0n) is 9.84. The summed E-state index contributed by atoms with van der Waals surface area (Å²) >= 11 is 0. The van der Waals surface area contributed by atoms with Gasteiger partial charge in [0.15, 0.2) is 0 Å². The average Bonchev–Trinajstić information content (AvgIpc) is 2.12. The summed E-state index contributed by atoms with van der Waals surface area (Å²) in [5.74, 6) is 0. The van der Waals surface area contributed by atoms with Gasteiger partial charge in [-0.3, -0.25) is 0 Å². The van der Waals surface area contributed by atoms with E-state index in [-0.39, 0.29) is 0 Å². The molecule has 0 aromatic heterocycles. The fourth-order valence-electron chi connectivity index (χ4n) is 1.03. The maximum absolute atomic E-state index is 5.21. The molecule has 0 aliphatic rings.